The highest BCUT2D eigenvalue weighted by Gasteiger charge is 2.41. The highest BCUT2D eigenvalue weighted by molar-refractivity contribution is 5.82. The van der Waals surface area contributed by atoms with E-state index in [0.29, 0.717) is 5.75 Å². The molecule has 3 rings (SSSR count). The second kappa shape index (κ2) is 4.05. The van der Waals surface area contributed by atoms with Gasteiger partial charge >= 0.3 is 5.97 Å². The van der Waals surface area contributed by atoms with Crippen molar-refractivity contribution in [1.29, 1.82) is 0 Å². The van der Waals surface area contributed by atoms with E-state index in [1.165, 1.54) is 0 Å². The Morgan fingerprint density at radius 2 is 2.33 bits per heavy atom. The maximum atomic E-state index is 11.4. The van der Waals surface area contributed by atoms with Crippen molar-refractivity contribution in [2.45, 2.75) is 18.4 Å². The van der Waals surface area contributed by atoms with Gasteiger partial charge in [0, 0.05) is 11.8 Å². The molecule has 1 aliphatic heterocycles. The maximum Gasteiger partial charge on any atom is 0.326 e. The van der Waals surface area contributed by atoms with Gasteiger partial charge in [-0.3, -0.25) is 0 Å². The molecule has 0 radical (unpaired) electrons. The molecular weight excluding hydrogens is 230 g/mol. The van der Waals surface area contributed by atoms with Gasteiger partial charge < -0.3 is 15.2 Å². The summed E-state index contributed by atoms with van der Waals surface area (Å²) in [6, 6.07) is 5.29. The molecule has 0 spiro atoms. The van der Waals surface area contributed by atoms with Crippen LogP contribution in [0.15, 0.2) is 30.4 Å². The van der Waals surface area contributed by atoms with Gasteiger partial charge in [-0.1, -0.05) is 24.3 Å². The Kier molecular flexibility index (Phi) is 2.51. The van der Waals surface area contributed by atoms with E-state index in [0.717, 1.165) is 17.7 Å². The molecule has 1 aromatic carbocycles. The Balaban J connectivity index is 2.11. The summed E-state index contributed by atoms with van der Waals surface area (Å²) >= 11 is 0. The summed E-state index contributed by atoms with van der Waals surface area (Å²) in [7, 11) is 1.60. The van der Waals surface area contributed by atoms with Gasteiger partial charge in [-0.25, -0.2) is 4.79 Å². The molecule has 2 N–H and O–H groups in total. The number of methoxy groups -OCH3 is 1. The lowest BCUT2D eigenvalue weighted by atomic mass is 9.79. The summed E-state index contributed by atoms with van der Waals surface area (Å²) < 4.78 is 5.31. The van der Waals surface area contributed by atoms with Crippen LogP contribution in [-0.4, -0.2) is 24.2 Å². The summed E-state index contributed by atoms with van der Waals surface area (Å²) in [5.41, 5.74) is 1.95. The number of para-hydroxylation sites is 1. The van der Waals surface area contributed by atoms with E-state index in [4.69, 9.17) is 4.74 Å². The van der Waals surface area contributed by atoms with Crippen LogP contribution in [0.5, 0.6) is 5.75 Å². The number of carbonyl (C=O) groups is 1. The molecule has 0 saturated carbocycles. The van der Waals surface area contributed by atoms with Gasteiger partial charge in [0.1, 0.15) is 11.8 Å². The van der Waals surface area contributed by atoms with E-state index in [2.05, 4.69) is 17.5 Å². The minimum absolute atomic E-state index is 0.0992. The molecule has 0 bridgehead atoms. The lowest BCUT2D eigenvalue weighted by Crippen LogP contribution is -2.41. The zero-order valence-electron chi connectivity index (χ0n) is 10.1. The highest BCUT2D eigenvalue weighted by atomic mass is 16.5. The minimum Gasteiger partial charge on any atom is -0.495 e. The topological polar surface area (TPSA) is 58.6 Å². The van der Waals surface area contributed by atoms with Crippen LogP contribution in [0.25, 0.3) is 0 Å². The summed E-state index contributed by atoms with van der Waals surface area (Å²) in [5, 5.41) is 12.5. The summed E-state index contributed by atoms with van der Waals surface area (Å²) in [5.74, 6) is 0.183. The molecule has 1 aliphatic carbocycles. The van der Waals surface area contributed by atoms with Crippen molar-refractivity contribution in [2.75, 3.05) is 12.4 Å². The molecule has 18 heavy (non-hydrogen) atoms. The molecule has 0 amide bonds. The fourth-order valence-corrected chi connectivity index (χ4v) is 3.01. The fourth-order valence-electron chi connectivity index (χ4n) is 3.01. The lowest BCUT2D eigenvalue weighted by Gasteiger charge is -2.35. The smallest absolute Gasteiger partial charge is 0.326 e. The third kappa shape index (κ3) is 1.49. The molecule has 0 unspecified atom stereocenters. The predicted octanol–water partition coefficient (Wildman–Crippen LogP) is 2.23. The van der Waals surface area contributed by atoms with E-state index in [1.807, 2.05) is 18.2 Å². The molecule has 2 aliphatic rings. The van der Waals surface area contributed by atoms with Crippen molar-refractivity contribution >= 4 is 11.7 Å². The van der Waals surface area contributed by atoms with Crippen molar-refractivity contribution in [2.24, 2.45) is 5.92 Å². The van der Waals surface area contributed by atoms with Crippen LogP contribution in [0, 0.1) is 5.92 Å². The number of hydrogen-bond donors (Lipinski definition) is 2. The van der Waals surface area contributed by atoms with Crippen LogP contribution in [0.3, 0.4) is 0 Å². The number of rotatable bonds is 2. The number of allylic oxidation sites excluding steroid dienone is 2. The number of nitrogens with one attached hydrogen (secondary N) is 1. The van der Waals surface area contributed by atoms with Gasteiger partial charge in [0.15, 0.2) is 0 Å². The summed E-state index contributed by atoms with van der Waals surface area (Å²) in [6.45, 7) is 0. The van der Waals surface area contributed by atoms with Crippen molar-refractivity contribution in [3.05, 3.63) is 35.9 Å². The van der Waals surface area contributed by atoms with E-state index in [9.17, 15) is 9.90 Å². The first-order chi connectivity index (χ1) is 8.72. The van der Waals surface area contributed by atoms with Crippen LogP contribution < -0.4 is 10.1 Å². The number of aliphatic carboxylic acids is 1. The molecule has 1 aromatic rings. The number of benzene rings is 1. The number of ether oxygens (including phenoxy) is 1. The molecule has 0 aromatic heterocycles. The molecule has 4 heteroatoms. The highest BCUT2D eigenvalue weighted by Crippen LogP contribution is 2.47. The van der Waals surface area contributed by atoms with E-state index < -0.39 is 12.0 Å². The second-order valence-corrected chi connectivity index (χ2v) is 4.74. The Labute approximate surface area is 105 Å². The Morgan fingerprint density at radius 1 is 1.50 bits per heavy atom. The average Bonchev–Trinajstić information content (AvgIpc) is 2.86. The largest absolute Gasteiger partial charge is 0.495 e. The van der Waals surface area contributed by atoms with Crippen molar-refractivity contribution in [3.8, 4) is 5.75 Å². The molecule has 94 valence electrons. The van der Waals surface area contributed by atoms with Crippen LogP contribution in [0.4, 0.5) is 5.69 Å². The van der Waals surface area contributed by atoms with E-state index in [-0.39, 0.29) is 11.8 Å². The average molecular weight is 245 g/mol. The third-order valence-electron chi connectivity index (χ3n) is 3.84. The Bertz CT molecular complexity index is 524. The zero-order chi connectivity index (χ0) is 12.7. The van der Waals surface area contributed by atoms with E-state index in [1.54, 1.807) is 7.11 Å². The number of carboxylic acid groups (broad SMARTS) is 1. The van der Waals surface area contributed by atoms with Gasteiger partial charge in [-0.2, -0.15) is 0 Å². The molecular formula is C14H15NO3. The summed E-state index contributed by atoms with van der Waals surface area (Å²) in [6.07, 6.45) is 4.99. The van der Waals surface area contributed by atoms with Crippen LogP contribution in [-0.2, 0) is 4.79 Å². The standard InChI is InChI=1S/C14H15NO3/c1-18-11-7-3-6-9-8-4-2-5-10(8)13(14(16)17)15-12(9)11/h2-4,6-8,10,13,15H,5H2,1H3,(H,16,17)/t8-,10-,13-/m0/s1. The van der Waals surface area contributed by atoms with Gasteiger partial charge in [-0.15, -0.1) is 0 Å². The SMILES string of the molecule is COc1cccc2c1N[C@H](C(=O)O)[C@H]1CC=C[C@@H]21. The number of carboxylic acids is 1. The number of fused-ring (bicyclic) bond motifs is 3. The molecule has 4 nitrogen and oxygen atoms in total. The quantitative estimate of drug-likeness (QED) is 0.784. The van der Waals surface area contributed by atoms with Gasteiger partial charge in [0.2, 0.25) is 0 Å². The van der Waals surface area contributed by atoms with Gasteiger partial charge in [0.25, 0.3) is 0 Å². The normalized spacial score (nSPS) is 28.2. The fraction of sp³-hybridized carbons (Fsp3) is 0.357. The van der Waals surface area contributed by atoms with Crippen molar-refractivity contribution in [1.82, 2.24) is 0 Å². The summed E-state index contributed by atoms with van der Waals surface area (Å²) in [4.78, 5) is 11.4. The molecule has 1 heterocycles. The lowest BCUT2D eigenvalue weighted by molar-refractivity contribution is -0.139. The van der Waals surface area contributed by atoms with Gasteiger partial charge in [0.05, 0.1) is 12.8 Å². The molecule has 0 fully saturated rings. The first-order valence-corrected chi connectivity index (χ1v) is 6.05. The minimum atomic E-state index is -0.801. The van der Waals surface area contributed by atoms with Crippen LogP contribution >= 0.6 is 0 Å². The zero-order valence-corrected chi connectivity index (χ0v) is 10.1. The van der Waals surface area contributed by atoms with Crippen molar-refractivity contribution < 1.29 is 14.6 Å². The maximum absolute atomic E-state index is 11.4. The molecule has 0 saturated heterocycles. The molecule has 3 atom stereocenters. The number of anilines is 1. The first-order valence-electron chi connectivity index (χ1n) is 6.05. The Morgan fingerprint density at radius 3 is 3.06 bits per heavy atom. The third-order valence-corrected chi connectivity index (χ3v) is 3.84. The van der Waals surface area contributed by atoms with Crippen LogP contribution in [0.1, 0.15) is 17.9 Å². The first kappa shape index (κ1) is 11.1. The van der Waals surface area contributed by atoms with E-state index >= 15 is 0 Å². The predicted molar refractivity (Wildman–Crippen MR) is 68.0 cm³/mol. The number of hydrogen-bond acceptors (Lipinski definition) is 3. The Hall–Kier alpha value is -1.97. The van der Waals surface area contributed by atoms with Gasteiger partial charge in [-0.05, 0) is 18.1 Å². The van der Waals surface area contributed by atoms with Crippen LogP contribution in [0.2, 0.25) is 0 Å². The second-order valence-electron chi connectivity index (χ2n) is 4.74. The monoisotopic (exact) mass is 245 g/mol. The van der Waals surface area contributed by atoms with Crippen molar-refractivity contribution in [3.63, 3.8) is 0 Å².